The molecular weight excluding hydrogens is 289 g/mol. The van der Waals surface area contributed by atoms with Crippen LogP contribution in [0.1, 0.15) is 5.56 Å². The van der Waals surface area contributed by atoms with Gasteiger partial charge in [0.15, 0.2) is 0 Å². The lowest BCUT2D eigenvalue weighted by Crippen LogP contribution is -2.54. The van der Waals surface area contributed by atoms with E-state index >= 15 is 0 Å². The van der Waals surface area contributed by atoms with Crippen LogP contribution in [0.3, 0.4) is 0 Å². The summed E-state index contributed by atoms with van der Waals surface area (Å²) in [6.45, 7) is 0. The highest BCUT2D eigenvalue weighted by molar-refractivity contribution is 6.30. The smallest absolute Gasteiger partial charge is 0.460 e. The second-order valence-electron chi connectivity index (χ2n) is 3.79. The molecule has 0 aromatic heterocycles. The maximum Gasteiger partial charge on any atom is 0.460 e. The van der Waals surface area contributed by atoms with E-state index in [4.69, 9.17) is 16.7 Å². The van der Waals surface area contributed by atoms with E-state index in [0.717, 1.165) is 6.07 Å². The Kier molecular flexibility index (Phi) is 2.98. The van der Waals surface area contributed by atoms with Crippen molar-refractivity contribution in [2.45, 2.75) is 12.0 Å². The predicted molar refractivity (Wildman–Crippen MR) is 58.7 cm³/mol. The van der Waals surface area contributed by atoms with Crippen LogP contribution < -0.4 is 4.74 Å². The van der Waals surface area contributed by atoms with Crippen LogP contribution in [0.2, 0.25) is 5.02 Å². The Hall–Kier alpha value is -1.73. The maximum atomic E-state index is 12.8. The number of aliphatic hydroxyl groups is 1. The van der Waals surface area contributed by atoms with E-state index in [1.54, 1.807) is 0 Å². The second kappa shape index (κ2) is 4.14. The van der Waals surface area contributed by atoms with Crippen molar-refractivity contribution in [2.75, 3.05) is 0 Å². The van der Waals surface area contributed by atoms with Gasteiger partial charge in [0.1, 0.15) is 11.3 Å². The minimum Gasteiger partial charge on any atom is -0.478 e. The molecule has 0 spiro atoms. The highest BCUT2D eigenvalue weighted by Crippen LogP contribution is 2.44. The topological polar surface area (TPSA) is 66.8 Å². The van der Waals surface area contributed by atoms with Gasteiger partial charge in [0.05, 0.1) is 0 Å². The molecule has 4 nitrogen and oxygen atoms in total. The first kappa shape index (κ1) is 13.7. The lowest BCUT2D eigenvalue weighted by atomic mass is 9.98. The largest absolute Gasteiger partial charge is 0.478 e. The van der Waals surface area contributed by atoms with Gasteiger partial charge in [-0.2, -0.15) is 13.2 Å². The first-order valence-electron chi connectivity index (χ1n) is 4.88. The number of hydrogen-bond donors (Lipinski definition) is 2. The molecule has 102 valence electrons. The van der Waals surface area contributed by atoms with Crippen LogP contribution >= 0.6 is 11.6 Å². The molecule has 2 N–H and O–H groups in total. The van der Waals surface area contributed by atoms with Crippen LogP contribution in [0.25, 0.3) is 6.08 Å². The Morgan fingerprint density at radius 1 is 1.37 bits per heavy atom. The molecule has 0 saturated heterocycles. The molecule has 0 saturated carbocycles. The molecule has 0 aliphatic carbocycles. The van der Waals surface area contributed by atoms with Crippen LogP contribution in [0, 0.1) is 0 Å². The van der Waals surface area contributed by atoms with Gasteiger partial charge in [-0.05, 0) is 24.3 Å². The number of halogens is 4. The van der Waals surface area contributed by atoms with Crippen molar-refractivity contribution >= 4 is 23.6 Å². The van der Waals surface area contributed by atoms with E-state index in [1.165, 1.54) is 12.1 Å². The number of ether oxygens (including phenoxy) is 1. The van der Waals surface area contributed by atoms with Gasteiger partial charge >= 0.3 is 17.9 Å². The summed E-state index contributed by atoms with van der Waals surface area (Å²) in [4.78, 5) is 10.9. The highest BCUT2D eigenvalue weighted by atomic mass is 35.5. The van der Waals surface area contributed by atoms with Crippen molar-refractivity contribution in [2.24, 2.45) is 0 Å². The van der Waals surface area contributed by atoms with E-state index in [1.807, 2.05) is 0 Å². The summed E-state index contributed by atoms with van der Waals surface area (Å²) in [5.41, 5.74) is -1.28. The third-order valence-electron chi connectivity index (χ3n) is 2.51. The van der Waals surface area contributed by atoms with Gasteiger partial charge in [0.25, 0.3) is 0 Å². The van der Waals surface area contributed by atoms with Gasteiger partial charge in [-0.1, -0.05) is 11.6 Å². The lowest BCUT2D eigenvalue weighted by Gasteiger charge is -2.34. The summed E-state index contributed by atoms with van der Waals surface area (Å²) in [7, 11) is 0. The molecule has 1 heterocycles. The van der Waals surface area contributed by atoms with Gasteiger partial charge in [0.2, 0.25) is 0 Å². The van der Waals surface area contributed by atoms with Crippen LogP contribution in [-0.4, -0.2) is 28.1 Å². The maximum absolute atomic E-state index is 12.8. The summed E-state index contributed by atoms with van der Waals surface area (Å²) in [6, 6.07) is 3.61. The van der Waals surface area contributed by atoms with Crippen molar-refractivity contribution in [3.05, 3.63) is 34.4 Å². The van der Waals surface area contributed by atoms with Crippen molar-refractivity contribution in [1.29, 1.82) is 0 Å². The quantitative estimate of drug-likeness (QED) is 0.835. The SMILES string of the molecule is O=C(O)C1=Cc2cc(Cl)ccc2OC1(O)C(F)(F)F. The molecule has 1 atom stereocenters. The van der Waals surface area contributed by atoms with Crippen molar-refractivity contribution in [3.8, 4) is 5.75 Å². The Labute approximate surface area is 109 Å². The molecule has 0 amide bonds. The van der Waals surface area contributed by atoms with Gasteiger partial charge in [-0.25, -0.2) is 4.79 Å². The van der Waals surface area contributed by atoms with E-state index in [9.17, 15) is 23.1 Å². The van der Waals surface area contributed by atoms with Crippen LogP contribution in [0.15, 0.2) is 23.8 Å². The van der Waals surface area contributed by atoms with Crippen LogP contribution in [0.5, 0.6) is 5.75 Å². The van der Waals surface area contributed by atoms with E-state index in [0.29, 0.717) is 6.08 Å². The number of hydrogen-bond acceptors (Lipinski definition) is 3. The number of carbonyl (C=O) groups is 1. The third-order valence-corrected chi connectivity index (χ3v) is 2.74. The molecule has 1 unspecified atom stereocenters. The normalized spacial score (nSPS) is 22.3. The van der Waals surface area contributed by atoms with E-state index in [2.05, 4.69) is 4.74 Å². The summed E-state index contributed by atoms with van der Waals surface area (Å²) in [6.07, 6.45) is -4.62. The Balaban J connectivity index is 2.65. The second-order valence-corrected chi connectivity index (χ2v) is 4.23. The zero-order valence-corrected chi connectivity index (χ0v) is 9.79. The number of alkyl halides is 3. The van der Waals surface area contributed by atoms with Crippen molar-refractivity contribution in [3.63, 3.8) is 0 Å². The number of aliphatic carboxylic acids is 1. The molecule has 1 aliphatic heterocycles. The standard InChI is InChI=1S/C11H6ClF3O4/c12-6-1-2-8-5(3-6)4-7(9(16)17)10(18,19-8)11(13,14)15/h1-4,18H,(H,16,17). The van der Waals surface area contributed by atoms with Crippen LogP contribution in [0.4, 0.5) is 13.2 Å². The average Bonchev–Trinajstić information content (AvgIpc) is 2.27. The molecule has 2 rings (SSSR count). The fourth-order valence-electron chi connectivity index (χ4n) is 1.61. The van der Waals surface area contributed by atoms with Gasteiger partial charge < -0.3 is 14.9 Å². The molecule has 0 bridgehead atoms. The summed E-state index contributed by atoms with van der Waals surface area (Å²) in [5, 5.41) is 18.5. The number of rotatable bonds is 1. The van der Waals surface area contributed by atoms with E-state index in [-0.39, 0.29) is 16.3 Å². The van der Waals surface area contributed by atoms with Crippen molar-refractivity contribution < 1.29 is 32.9 Å². The molecule has 8 heteroatoms. The fraction of sp³-hybridized carbons (Fsp3) is 0.182. The lowest BCUT2D eigenvalue weighted by molar-refractivity contribution is -0.316. The number of carboxylic acid groups (broad SMARTS) is 1. The van der Waals surface area contributed by atoms with Gasteiger partial charge in [-0.3, -0.25) is 0 Å². The van der Waals surface area contributed by atoms with Gasteiger partial charge in [-0.15, -0.1) is 0 Å². The fourth-order valence-corrected chi connectivity index (χ4v) is 1.79. The number of fused-ring (bicyclic) bond motifs is 1. The predicted octanol–water partition coefficient (Wildman–Crippen LogP) is 2.45. The highest BCUT2D eigenvalue weighted by Gasteiger charge is 2.62. The van der Waals surface area contributed by atoms with Crippen molar-refractivity contribution in [1.82, 2.24) is 0 Å². The minimum atomic E-state index is -5.30. The molecule has 0 fully saturated rings. The molecular formula is C11H6ClF3O4. The molecule has 19 heavy (non-hydrogen) atoms. The Bertz CT molecular complexity index is 582. The first-order valence-corrected chi connectivity index (χ1v) is 5.26. The molecule has 1 aromatic carbocycles. The van der Waals surface area contributed by atoms with E-state index < -0.39 is 23.5 Å². The summed E-state index contributed by atoms with van der Waals surface area (Å²) < 4.78 is 42.8. The first-order chi connectivity index (χ1) is 8.65. The number of benzene rings is 1. The average molecular weight is 295 g/mol. The molecule has 1 aliphatic rings. The van der Waals surface area contributed by atoms with Gasteiger partial charge in [0, 0.05) is 10.6 Å². The molecule has 0 radical (unpaired) electrons. The molecule has 1 aromatic rings. The van der Waals surface area contributed by atoms with Crippen LogP contribution in [-0.2, 0) is 4.79 Å². The minimum absolute atomic E-state index is 0.0406. The zero-order chi connectivity index (χ0) is 14.4. The monoisotopic (exact) mass is 294 g/mol. The zero-order valence-electron chi connectivity index (χ0n) is 9.03. The third kappa shape index (κ3) is 2.15. The Morgan fingerprint density at radius 2 is 2.00 bits per heavy atom. The number of carboxylic acids is 1. The summed E-state index contributed by atoms with van der Waals surface area (Å²) >= 11 is 5.65. The Morgan fingerprint density at radius 3 is 2.53 bits per heavy atom. The summed E-state index contributed by atoms with van der Waals surface area (Å²) in [5.74, 6) is -6.14.